The maximum Gasteiger partial charge on any atom is 0.412 e. The van der Waals surface area contributed by atoms with Gasteiger partial charge in [0, 0.05) is 31.3 Å². The minimum atomic E-state index is -1.43. The van der Waals surface area contributed by atoms with E-state index >= 15 is 4.39 Å². The van der Waals surface area contributed by atoms with E-state index < -0.39 is 47.1 Å². The summed E-state index contributed by atoms with van der Waals surface area (Å²) in [5.74, 6) is -1.61. The number of benzene rings is 2. The predicted molar refractivity (Wildman–Crippen MR) is 146 cm³/mol. The normalized spacial score (nSPS) is 21.2. The molecule has 2 aromatic carbocycles. The number of likely N-dealkylation sites (tertiary alicyclic amines) is 1. The summed E-state index contributed by atoms with van der Waals surface area (Å²) in [6.45, 7) is 0.215. The van der Waals surface area contributed by atoms with Gasteiger partial charge in [0.15, 0.2) is 11.4 Å². The number of ether oxygens (including phenoxy) is 3. The summed E-state index contributed by atoms with van der Waals surface area (Å²) in [6.07, 6.45) is 1.03. The molecule has 11 nitrogen and oxygen atoms in total. The highest BCUT2D eigenvalue weighted by atomic mass is 35.5. The molecule has 0 aromatic heterocycles. The summed E-state index contributed by atoms with van der Waals surface area (Å²) in [7, 11) is 2.81. The molecule has 2 aromatic rings. The molecule has 0 radical (unpaired) electrons. The first kappa shape index (κ1) is 28.6. The molecule has 3 aliphatic rings. The van der Waals surface area contributed by atoms with Crippen molar-refractivity contribution in [3.8, 4) is 0 Å². The molecule has 1 spiro atoms. The Balaban J connectivity index is 1.38. The van der Waals surface area contributed by atoms with Crippen LogP contribution in [0, 0.1) is 5.82 Å². The number of hydrogen-bond acceptors (Lipinski definition) is 7. The Morgan fingerprint density at radius 3 is 2.54 bits per heavy atom. The Morgan fingerprint density at radius 1 is 1.15 bits per heavy atom. The number of halogens is 2. The van der Waals surface area contributed by atoms with Gasteiger partial charge < -0.3 is 24.4 Å². The molecule has 3 N–H and O–H groups in total. The molecule has 2 aliphatic heterocycles. The second-order valence-corrected chi connectivity index (χ2v) is 10.9. The SMILES string of the molecule is COC(=O)Nc1ccc(C(=O)NC(CC2(OC)CC2)C(=O)N2CCC[C@@]3(C2)OC(=O)Nc2ccc(Cl)c(F)c23)cc1. The lowest BCUT2D eigenvalue weighted by Gasteiger charge is -2.45. The number of anilines is 2. The quantitative estimate of drug-likeness (QED) is 0.436. The summed E-state index contributed by atoms with van der Waals surface area (Å²) in [4.78, 5) is 52.6. The van der Waals surface area contributed by atoms with Crippen molar-refractivity contribution in [2.24, 2.45) is 0 Å². The first-order chi connectivity index (χ1) is 19.6. The van der Waals surface area contributed by atoms with Crippen molar-refractivity contribution in [2.45, 2.75) is 49.3 Å². The fourth-order valence-corrected chi connectivity index (χ4v) is 5.66. The van der Waals surface area contributed by atoms with Gasteiger partial charge in [0.25, 0.3) is 5.91 Å². The van der Waals surface area contributed by atoms with E-state index in [1.54, 1.807) is 7.11 Å². The van der Waals surface area contributed by atoms with E-state index in [-0.39, 0.29) is 34.8 Å². The second kappa shape index (κ2) is 11.2. The van der Waals surface area contributed by atoms with Crippen molar-refractivity contribution < 1.29 is 37.8 Å². The fraction of sp³-hybridized carbons (Fsp3) is 0.429. The number of rotatable bonds is 7. The minimum absolute atomic E-state index is 0.0962. The van der Waals surface area contributed by atoms with Crippen LogP contribution in [0.3, 0.4) is 0 Å². The van der Waals surface area contributed by atoms with Crippen LogP contribution in [0.2, 0.25) is 5.02 Å². The summed E-state index contributed by atoms with van der Waals surface area (Å²) in [5, 5.41) is 7.72. The molecule has 2 heterocycles. The van der Waals surface area contributed by atoms with Crippen LogP contribution in [-0.2, 0) is 24.6 Å². The third kappa shape index (κ3) is 5.80. The largest absolute Gasteiger partial charge is 0.453 e. The van der Waals surface area contributed by atoms with Crippen LogP contribution in [0.5, 0.6) is 0 Å². The van der Waals surface area contributed by atoms with Crippen molar-refractivity contribution in [3.63, 3.8) is 0 Å². The highest BCUT2D eigenvalue weighted by Crippen LogP contribution is 2.46. The maximum atomic E-state index is 15.3. The monoisotopic (exact) mass is 588 g/mol. The summed E-state index contributed by atoms with van der Waals surface area (Å²) in [6, 6.07) is 8.00. The summed E-state index contributed by atoms with van der Waals surface area (Å²) < 4.78 is 31.2. The van der Waals surface area contributed by atoms with Crippen molar-refractivity contribution in [2.75, 3.05) is 37.9 Å². The molecular formula is C28H30ClFN4O7. The Bertz CT molecular complexity index is 1380. The number of carbonyl (C=O) groups excluding carboxylic acids is 4. The molecule has 1 unspecified atom stereocenters. The fourth-order valence-electron chi connectivity index (χ4n) is 5.50. The molecule has 4 amide bonds. The van der Waals surface area contributed by atoms with Crippen LogP contribution in [0.25, 0.3) is 0 Å². The third-order valence-corrected chi connectivity index (χ3v) is 8.13. The summed E-state index contributed by atoms with van der Waals surface area (Å²) in [5.41, 5.74) is -0.935. The highest BCUT2D eigenvalue weighted by molar-refractivity contribution is 6.31. The topological polar surface area (TPSA) is 135 Å². The van der Waals surface area contributed by atoms with Crippen LogP contribution in [0.15, 0.2) is 36.4 Å². The Morgan fingerprint density at radius 2 is 1.88 bits per heavy atom. The van der Waals surface area contributed by atoms with Crippen LogP contribution in [0.1, 0.15) is 48.0 Å². The smallest absolute Gasteiger partial charge is 0.412 e. The lowest BCUT2D eigenvalue weighted by atomic mass is 9.82. The first-order valence-corrected chi connectivity index (χ1v) is 13.5. The van der Waals surface area contributed by atoms with Gasteiger partial charge in [0.1, 0.15) is 6.04 Å². The number of nitrogens with one attached hydrogen (secondary N) is 3. The Kier molecular flexibility index (Phi) is 7.80. The number of piperidine rings is 1. The van der Waals surface area contributed by atoms with E-state index in [1.807, 2.05) is 0 Å². The zero-order valence-electron chi connectivity index (χ0n) is 22.6. The molecular weight excluding hydrogens is 559 g/mol. The standard InChI is InChI=1S/C28H30ClFN4O7/c1-39-25(37)31-17-6-4-16(5-7-17)23(35)32-20(14-27(40-2)11-12-27)24(36)34-13-3-10-28(15-34)21-19(33-26(38)41-28)9-8-18(29)22(21)30/h4-9,20H,3,10-15H2,1-2H3,(H,31,37)(H,32,35)(H,33,38)/t20?,28-/m0/s1. The van der Waals surface area contributed by atoms with Gasteiger partial charge in [-0.05, 0) is 62.1 Å². The summed E-state index contributed by atoms with van der Waals surface area (Å²) >= 11 is 6.07. The number of amides is 4. The van der Waals surface area contributed by atoms with Gasteiger partial charge in [-0.2, -0.15) is 0 Å². The first-order valence-electron chi connectivity index (χ1n) is 13.2. The highest BCUT2D eigenvalue weighted by Gasteiger charge is 2.51. The minimum Gasteiger partial charge on any atom is -0.453 e. The molecule has 1 saturated carbocycles. The van der Waals surface area contributed by atoms with Crippen molar-refractivity contribution in [1.29, 1.82) is 0 Å². The number of hydrogen-bond donors (Lipinski definition) is 3. The lowest BCUT2D eigenvalue weighted by Crippen LogP contribution is -2.58. The van der Waals surface area contributed by atoms with E-state index in [2.05, 4.69) is 20.7 Å². The van der Waals surface area contributed by atoms with Crippen LogP contribution < -0.4 is 16.0 Å². The van der Waals surface area contributed by atoms with Gasteiger partial charge in [-0.25, -0.2) is 14.0 Å². The molecule has 1 saturated heterocycles. The van der Waals surface area contributed by atoms with E-state index in [9.17, 15) is 19.2 Å². The van der Waals surface area contributed by atoms with Gasteiger partial charge in [-0.15, -0.1) is 0 Å². The van der Waals surface area contributed by atoms with E-state index in [0.717, 1.165) is 12.8 Å². The van der Waals surface area contributed by atoms with Crippen molar-refractivity contribution in [3.05, 3.63) is 58.4 Å². The number of methoxy groups -OCH3 is 2. The van der Waals surface area contributed by atoms with Gasteiger partial charge in [-0.3, -0.25) is 20.2 Å². The Labute approximate surface area is 240 Å². The average Bonchev–Trinajstić information content (AvgIpc) is 3.74. The third-order valence-electron chi connectivity index (χ3n) is 7.84. The molecule has 2 atom stereocenters. The van der Waals surface area contributed by atoms with Gasteiger partial charge >= 0.3 is 12.2 Å². The lowest BCUT2D eigenvalue weighted by molar-refractivity contribution is -0.142. The van der Waals surface area contributed by atoms with Crippen LogP contribution in [0.4, 0.5) is 25.4 Å². The van der Waals surface area contributed by atoms with Gasteiger partial charge in [0.2, 0.25) is 5.91 Å². The second-order valence-electron chi connectivity index (χ2n) is 10.5. The zero-order chi connectivity index (χ0) is 29.4. The van der Waals surface area contributed by atoms with Crippen LogP contribution in [-0.4, -0.2) is 67.9 Å². The number of fused-ring (bicyclic) bond motifs is 2. The molecule has 2 fully saturated rings. The van der Waals surface area contributed by atoms with Gasteiger partial charge in [0.05, 0.1) is 35.5 Å². The molecule has 218 valence electrons. The zero-order valence-corrected chi connectivity index (χ0v) is 23.3. The average molecular weight is 589 g/mol. The van der Waals surface area contributed by atoms with E-state index in [1.165, 1.54) is 48.4 Å². The maximum absolute atomic E-state index is 15.3. The molecule has 13 heteroatoms. The molecule has 5 rings (SSSR count). The molecule has 1 aliphatic carbocycles. The van der Waals surface area contributed by atoms with Gasteiger partial charge in [-0.1, -0.05) is 11.6 Å². The van der Waals surface area contributed by atoms with Crippen LogP contribution >= 0.6 is 11.6 Å². The van der Waals surface area contributed by atoms with E-state index in [4.69, 9.17) is 21.1 Å². The number of nitrogens with zero attached hydrogens (tertiary/aromatic N) is 1. The predicted octanol–water partition coefficient (Wildman–Crippen LogP) is 4.40. The molecule has 0 bridgehead atoms. The van der Waals surface area contributed by atoms with Crippen molar-refractivity contribution in [1.82, 2.24) is 10.2 Å². The Hall–Kier alpha value is -3.90. The number of carbonyl (C=O) groups is 4. The van der Waals surface area contributed by atoms with Crippen molar-refractivity contribution >= 4 is 47.0 Å². The van der Waals surface area contributed by atoms with E-state index in [0.29, 0.717) is 25.1 Å². The molecule has 41 heavy (non-hydrogen) atoms.